The van der Waals surface area contributed by atoms with Crippen molar-refractivity contribution < 1.29 is 32.7 Å². The standard InChI is InChI=1S/C6H5.C4H9.C2H5.Y/c1-2-4-6-5-3-1;1-3-4-2;1-2;/h1-5H;1,3-4H2,2H3;1H2,2H3;/q3*-1;+3. The van der Waals surface area contributed by atoms with E-state index in [1.165, 1.54) is 6.42 Å². The Morgan fingerprint density at radius 1 is 1.08 bits per heavy atom. The van der Waals surface area contributed by atoms with Crippen LogP contribution >= 0.6 is 0 Å². The van der Waals surface area contributed by atoms with Crippen LogP contribution in [0.2, 0.25) is 0 Å². The van der Waals surface area contributed by atoms with Gasteiger partial charge >= 0.3 is 32.7 Å². The van der Waals surface area contributed by atoms with E-state index in [4.69, 9.17) is 0 Å². The molecule has 0 fully saturated rings. The van der Waals surface area contributed by atoms with Gasteiger partial charge in [-0.1, -0.05) is 13.3 Å². The Bertz CT molecular complexity index is 97.1. The molecule has 0 saturated heterocycles. The van der Waals surface area contributed by atoms with Gasteiger partial charge in [-0.15, -0.1) is 0 Å². The molecule has 0 spiro atoms. The van der Waals surface area contributed by atoms with E-state index in [-0.39, 0.29) is 32.7 Å². The van der Waals surface area contributed by atoms with Crippen LogP contribution in [0.1, 0.15) is 26.7 Å². The normalized spacial score (nSPS) is 6.46. The molecule has 0 nitrogen and oxygen atoms in total. The summed E-state index contributed by atoms with van der Waals surface area (Å²) in [6.45, 7) is 10.7. The number of unbranched alkanes of at least 4 members (excludes halogenated alkanes) is 1. The maximum Gasteiger partial charge on any atom is 3.00 e. The monoisotopic (exact) mass is 252 g/mol. The minimum absolute atomic E-state index is 0. The van der Waals surface area contributed by atoms with Crippen LogP contribution in [-0.2, 0) is 32.7 Å². The minimum Gasteiger partial charge on any atom is -0.346 e. The molecule has 0 saturated carbocycles. The van der Waals surface area contributed by atoms with Crippen LogP contribution in [0, 0.1) is 19.9 Å². The first-order chi connectivity index (χ1) is 5.91. The smallest absolute Gasteiger partial charge is 0.346 e. The van der Waals surface area contributed by atoms with Gasteiger partial charge in [0, 0.05) is 0 Å². The molecule has 1 aromatic rings. The zero-order chi connectivity index (χ0) is 9.66. The summed E-state index contributed by atoms with van der Waals surface area (Å²) < 4.78 is 0. The van der Waals surface area contributed by atoms with Crippen LogP contribution in [0.4, 0.5) is 0 Å². The van der Waals surface area contributed by atoms with Crippen LogP contribution in [0.5, 0.6) is 0 Å². The Morgan fingerprint density at radius 2 is 1.46 bits per heavy atom. The van der Waals surface area contributed by atoms with E-state index >= 15 is 0 Å². The Labute approximate surface area is 109 Å². The molecule has 0 heterocycles. The maximum absolute atomic E-state index is 3.60. The van der Waals surface area contributed by atoms with E-state index in [9.17, 15) is 0 Å². The van der Waals surface area contributed by atoms with Gasteiger partial charge in [0.1, 0.15) is 0 Å². The van der Waals surface area contributed by atoms with Gasteiger partial charge in [-0.3, -0.25) is 0 Å². The topological polar surface area (TPSA) is 0 Å². The van der Waals surface area contributed by atoms with Crippen molar-refractivity contribution in [2.45, 2.75) is 26.7 Å². The largest absolute Gasteiger partial charge is 3.00 e. The van der Waals surface area contributed by atoms with E-state index < -0.39 is 0 Å². The van der Waals surface area contributed by atoms with Crippen LogP contribution < -0.4 is 0 Å². The van der Waals surface area contributed by atoms with Gasteiger partial charge < -0.3 is 13.8 Å². The molecule has 1 aromatic carbocycles. The van der Waals surface area contributed by atoms with Gasteiger partial charge in [0.25, 0.3) is 0 Å². The molecule has 0 bridgehead atoms. The number of hydrogen-bond acceptors (Lipinski definition) is 0. The molecule has 0 radical (unpaired) electrons. The average Bonchev–Trinajstić information content (AvgIpc) is 2.24. The van der Waals surface area contributed by atoms with Crippen molar-refractivity contribution in [2.24, 2.45) is 0 Å². The van der Waals surface area contributed by atoms with Crippen molar-refractivity contribution >= 4 is 0 Å². The predicted molar refractivity (Wildman–Crippen MR) is 56.6 cm³/mol. The summed E-state index contributed by atoms with van der Waals surface area (Å²) in [6, 6.07) is 12.5. The molecular formula is C12H19Y. The Hall–Kier alpha value is 0.324. The van der Waals surface area contributed by atoms with Crippen LogP contribution in [0.15, 0.2) is 30.3 Å². The summed E-state index contributed by atoms with van der Waals surface area (Å²) in [6.07, 6.45) is 2.28. The third-order valence-electron chi connectivity index (χ3n) is 0.961. The van der Waals surface area contributed by atoms with Gasteiger partial charge in [-0.2, -0.15) is 49.7 Å². The second-order valence-electron chi connectivity index (χ2n) is 1.93. The molecule has 0 aliphatic rings. The van der Waals surface area contributed by atoms with Crippen molar-refractivity contribution in [1.29, 1.82) is 0 Å². The number of benzene rings is 1. The summed E-state index contributed by atoms with van der Waals surface area (Å²) in [4.78, 5) is 0. The van der Waals surface area contributed by atoms with Crippen molar-refractivity contribution in [3.8, 4) is 0 Å². The number of hydrogen-bond donors (Lipinski definition) is 0. The third-order valence-corrected chi connectivity index (χ3v) is 0.961. The quantitative estimate of drug-likeness (QED) is 0.664. The Kier molecular flexibility index (Phi) is 33.3. The van der Waals surface area contributed by atoms with Crippen LogP contribution in [0.3, 0.4) is 0 Å². The summed E-state index contributed by atoms with van der Waals surface area (Å²) in [5.74, 6) is 0. The summed E-state index contributed by atoms with van der Waals surface area (Å²) in [5.41, 5.74) is 0. The Balaban J connectivity index is -0.000000128. The van der Waals surface area contributed by atoms with Crippen LogP contribution in [-0.4, -0.2) is 0 Å². The molecule has 0 N–H and O–H groups in total. The molecule has 1 rings (SSSR count). The Morgan fingerprint density at radius 3 is 1.54 bits per heavy atom. The number of rotatable bonds is 1. The second-order valence-corrected chi connectivity index (χ2v) is 1.93. The van der Waals surface area contributed by atoms with E-state index in [1.807, 2.05) is 30.3 Å². The van der Waals surface area contributed by atoms with E-state index in [1.54, 1.807) is 6.92 Å². The molecule has 0 aliphatic heterocycles. The fourth-order valence-electron chi connectivity index (χ4n) is 0.342. The molecule has 70 valence electrons. The van der Waals surface area contributed by atoms with Gasteiger partial charge in [-0.05, 0) is 0 Å². The SMILES string of the molecule is [CH2-]C.[CH2-]CCC.[Y+3].[c-]1ccccc1. The first kappa shape index (κ1) is 19.0. The maximum atomic E-state index is 3.60. The molecule has 0 amide bonds. The second kappa shape index (κ2) is 22.8. The van der Waals surface area contributed by atoms with Gasteiger partial charge in [0.05, 0.1) is 0 Å². The van der Waals surface area contributed by atoms with Gasteiger partial charge in [0.15, 0.2) is 0 Å². The van der Waals surface area contributed by atoms with Crippen molar-refractivity contribution in [1.82, 2.24) is 0 Å². The zero-order valence-electron chi connectivity index (χ0n) is 8.79. The van der Waals surface area contributed by atoms with E-state index in [0.29, 0.717) is 0 Å². The molecule has 1 heteroatoms. The molecule has 0 aromatic heterocycles. The fourth-order valence-corrected chi connectivity index (χ4v) is 0.342. The molecular weight excluding hydrogens is 233 g/mol. The molecule has 0 atom stereocenters. The van der Waals surface area contributed by atoms with Crippen molar-refractivity contribution in [3.05, 3.63) is 50.2 Å². The summed E-state index contributed by atoms with van der Waals surface area (Å²) in [5, 5.41) is 0. The zero-order valence-corrected chi connectivity index (χ0v) is 11.6. The predicted octanol–water partition coefficient (Wildman–Crippen LogP) is 3.95. The third kappa shape index (κ3) is 24.5. The first-order valence-electron chi connectivity index (χ1n) is 4.32. The summed E-state index contributed by atoms with van der Waals surface area (Å²) in [7, 11) is 0. The molecule has 0 aliphatic carbocycles. The van der Waals surface area contributed by atoms with Crippen LogP contribution in [0.25, 0.3) is 0 Å². The first-order valence-corrected chi connectivity index (χ1v) is 4.32. The molecule has 13 heavy (non-hydrogen) atoms. The van der Waals surface area contributed by atoms with E-state index in [0.717, 1.165) is 6.42 Å². The van der Waals surface area contributed by atoms with E-state index in [2.05, 4.69) is 26.8 Å². The van der Waals surface area contributed by atoms with Gasteiger partial charge in [0.2, 0.25) is 0 Å². The van der Waals surface area contributed by atoms with Crippen molar-refractivity contribution in [3.63, 3.8) is 0 Å². The van der Waals surface area contributed by atoms with Gasteiger partial charge in [-0.25, -0.2) is 0 Å². The minimum atomic E-state index is 0. The fraction of sp³-hybridized carbons (Fsp3) is 0.333. The molecule has 0 unspecified atom stereocenters. The summed E-state index contributed by atoms with van der Waals surface area (Å²) >= 11 is 0. The average molecular weight is 252 g/mol. The van der Waals surface area contributed by atoms with Crippen molar-refractivity contribution in [2.75, 3.05) is 0 Å².